The van der Waals surface area contributed by atoms with Crippen LogP contribution in [-0.4, -0.2) is 42.2 Å². The van der Waals surface area contributed by atoms with Crippen molar-refractivity contribution in [2.75, 3.05) is 27.2 Å². The topological polar surface area (TPSA) is 45.6 Å². The number of likely N-dealkylation sites (tertiary alicyclic amines) is 1. The highest BCUT2D eigenvalue weighted by Crippen LogP contribution is 2.47. The first-order valence-electron chi connectivity index (χ1n) is 8.96. The van der Waals surface area contributed by atoms with Crippen LogP contribution in [0.25, 0.3) is 12.2 Å². The molecule has 1 unspecified atom stereocenters. The number of piperidine rings is 1. The van der Waals surface area contributed by atoms with Crippen molar-refractivity contribution in [3.8, 4) is 5.75 Å². The van der Waals surface area contributed by atoms with E-state index in [-0.39, 0.29) is 5.92 Å². The Kier molecular flexibility index (Phi) is 4.51. The number of ether oxygens (including phenoxy) is 1. The third kappa shape index (κ3) is 2.73. The molecule has 0 amide bonds. The van der Waals surface area contributed by atoms with Crippen LogP contribution in [0, 0.1) is 5.92 Å². The van der Waals surface area contributed by atoms with Crippen LogP contribution in [0.15, 0.2) is 30.5 Å². The summed E-state index contributed by atoms with van der Waals surface area (Å²) in [4.78, 5) is 6.93. The second-order valence-electron chi connectivity index (χ2n) is 7.18. The first-order valence-corrected chi connectivity index (χ1v) is 9.34. The molecule has 5 heteroatoms. The molecule has 1 aliphatic carbocycles. The van der Waals surface area contributed by atoms with Gasteiger partial charge in [0.25, 0.3) is 0 Å². The lowest BCUT2D eigenvalue weighted by atomic mass is 9.72. The van der Waals surface area contributed by atoms with E-state index in [4.69, 9.17) is 16.3 Å². The van der Waals surface area contributed by atoms with E-state index in [0.29, 0.717) is 10.7 Å². The molecule has 2 aliphatic rings. The number of nitrogens with zero attached hydrogens (tertiary/aromatic N) is 2. The van der Waals surface area contributed by atoms with Gasteiger partial charge in [-0.15, -0.1) is 0 Å². The molecule has 0 spiro atoms. The average Bonchev–Trinajstić information content (AvgIpc) is 2.77. The maximum absolute atomic E-state index is 12.2. The summed E-state index contributed by atoms with van der Waals surface area (Å²) in [6.45, 7) is 1.92. The summed E-state index contributed by atoms with van der Waals surface area (Å²) in [5, 5.41) is 12.8. The summed E-state index contributed by atoms with van der Waals surface area (Å²) < 4.78 is 5.55. The number of hydrogen-bond donors (Lipinski definition) is 1. The Bertz CT molecular complexity index is 859. The summed E-state index contributed by atoms with van der Waals surface area (Å²) in [5.41, 5.74) is 2.13. The third-order valence-corrected chi connectivity index (χ3v) is 5.93. The fourth-order valence-corrected chi connectivity index (χ4v) is 4.44. The normalized spacial score (nSPS) is 23.2. The van der Waals surface area contributed by atoms with E-state index >= 15 is 0 Å². The van der Waals surface area contributed by atoms with Crippen molar-refractivity contribution in [2.24, 2.45) is 5.92 Å². The van der Waals surface area contributed by atoms with Crippen molar-refractivity contribution < 1.29 is 9.84 Å². The molecule has 1 saturated heterocycles. The van der Waals surface area contributed by atoms with Crippen molar-refractivity contribution in [3.05, 3.63) is 57.9 Å². The van der Waals surface area contributed by atoms with E-state index in [1.54, 1.807) is 13.3 Å². The molecule has 2 heterocycles. The van der Waals surface area contributed by atoms with Gasteiger partial charge in [-0.25, -0.2) is 0 Å². The number of methoxy groups -OCH3 is 1. The molecule has 0 saturated carbocycles. The molecule has 136 valence electrons. The van der Waals surface area contributed by atoms with Crippen LogP contribution in [0.2, 0.25) is 5.02 Å². The number of aliphatic hydroxyl groups is 1. The largest absolute Gasteiger partial charge is 0.496 e. The molecule has 26 heavy (non-hydrogen) atoms. The zero-order valence-corrected chi connectivity index (χ0v) is 15.8. The van der Waals surface area contributed by atoms with Crippen molar-refractivity contribution in [1.82, 2.24) is 9.88 Å². The molecule has 4 nitrogen and oxygen atoms in total. The Morgan fingerprint density at radius 3 is 2.73 bits per heavy atom. The van der Waals surface area contributed by atoms with Crippen molar-refractivity contribution in [1.29, 1.82) is 0 Å². The predicted octanol–water partition coefficient (Wildman–Crippen LogP) is 3.81. The summed E-state index contributed by atoms with van der Waals surface area (Å²) >= 11 is 6.24. The van der Waals surface area contributed by atoms with Crippen molar-refractivity contribution >= 4 is 23.8 Å². The lowest BCUT2D eigenvalue weighted by Gasteiger charge is -2.41. The summed E-state index contributed by atoms with van der Waals surface area (Å²) in [7, 11) is 3.77. The molecule has 0 bridgehead atoms. The highest BCUT2D eigenvalue weighted by atomic mass is 35.5. The molecule has 1 N–H and O–H groups in total. The van der Waals surface area contributed by atoms with Crippen LogP contribution in [0.1, 0.15) is 35.2 Å². The van der Waals surface area contributed by atoms with Gasteiger partial charge in [-0.1, -0.05) is 23.7 Å². The Morgan fingerprint density at radius 1 is 1.23 bits per heavy atom. The standard InChI is InChI=1S/C21H23ClN2O2/c1-24-11-8-15(9-12-24)21(25)18-6-4-16(22)13-14(18)3-5-17-19(26-2)7-10-23-20(17)21/h3-7,10,13,15,25H,8-9,11-12H2,1-2H3. The summed E-state index contributed by atoms with van der Waals surface area (Å²) in [6, 6.07) is 7.53. The fourth-order valence-electron chi connectivity index (χ4n) is 4.26. The van der Waals surface area contributed by atoms with Crippen LogP contribution in [0.5, 0.6) is 5.75 Å². The molecule has 1 fully saturated rings. The zero-order valence-electron chi connectivity index (χ0n) is 15.1. The predicted molar refractivity (Wildman–Crippen MR) is 104 cm³/mol. The number of fused-ring (bicyclic) bond motifs is 2. The van der Waals surface area contributed by atoms with Gasteiger partial charge in [0.1, 0.15) is 11.4 Å². The molecule has 1 aliphatic heterocycles. The van der Waals surface area contributed by atoms with Crippen LogP contribution in [-0.2, 0) is 5.60 Å². The number of halogens is 1. The minimum Gasteiger partial charge on any atom is -0.496 e. The van der Waals surface area contributed by atoms with Gasteiger partial charge >= 0.3 is 0 Å². The number of aromatic nitrogens is 1. The fraction of sp³-hybridized carbons (Fsp3) is 0.381. The number of pyridine rings is 1. The first-order chi connectivity index (χ1) is 12.5. The lowest BCUT2D eigenvalue weighted by molar-refractivity contribution is -0.0146. The quantitative estimate of drug-likeness (QED) is 0.873. The maximum atomic E-state index is 12.2. The van der Waals surface area contributed by atoms with Gasteiger partial charge in [0.2, 0.25) is 0 Å². The maximum Gasteiger partial charge on any atom is 0.136 e. The van der Waals surface area contributed by atoms with Crippen LogP contribution < -0.4 is 4.74 Å². The highest BCUT2D eigenvalue weighted by Gasteiger charge is 2.46. The lowest BCUT2D eigenvalue weighted by Crippen LogP contribution is -2.44. The van der Waals surface area contributed by atoms with Crippen LogP contribution in [0.3, 0.4) is 0 Å². The minimum atomic E-state index is -1.17. The second-order valence-corrected chi connectivity index (χ2v) is 7.62. The number of rotatable bonds is 2. The second kappa shape index (κ2) is 6.69. The average molecular weight is 371 g/mol. The van der Waals surface area contributed by atoms with Gasteiger partial charge in [-0.05, 0) is 68.4 Å². The Morgan fingerprint density at radius 2 is 2.00 bits per heavy atom. The number of hydrogen-bond acceptors (Lipinski definition) is 4. The van der Waals surface area contributed by atoms with Crippen molar-refractivity contribution in [2.45, 2.75) is 18.4 Å². The third-order valence-electron chi connectivity index (χ3n) is 5.69. The van der Waals surface area contributed by atoms with Gasteiger partial charge in [0.05, 0.1) is 12.8 Å². The number of benzene rings is 1. The van der Waals surface area contributed by atoms with Crippen LogP contribution >= 0.6 is 11.6 Å². The Balaban J connectivity index is 1.96. The first kappa shape index (κ1) is 17.5. The van der Waals surface area contributed by atoms with Crippen LogP contribution in [0.4, 0.5) is 0 Å². The Hall–Kier alpha value is -1.88. The van der Waals surface area contributed by atoms with Gasteiger partial charge < -0.3 is 14.7 Å². The molecule has 1 aromatic heterocycles. The van der Waals surface area contributed by atoms with Gasteiger partial charge in [0, 0.05) is 22.7 Å². The van der Waals surface area contributed by atoms with Gasteiger partial charge in [-0.3, -0.25) is 4.98 Å². The molecular formula is C21H23ClN2O2. The molecule has 0 radical (unpaired) electrons. The SMILES string of the molecule is COc1ccnc2c1C=Cc1cc(Cl)ccc1C2(O)C1CCN(C)CC1. The minimum absolute atomic E-state index is 0.0804. The Labute approximate surface area is 159 Å². The molecular weight excluding hydrogens is 348 g/mol. The van der Waals surface area contributed by atoms with E-state index in [1.807, 2.05) is 36.4 Å². The highest BCUT2D eigenvalue weighted by molar-refractivity contribution is 6.30. The zero-order chi connectivity index (χ0) is 18.3. The van der Waals surface area contributed by atoms with Gasteiger partial charge in [-0.2, -0.15) is 0 Å². The van der Waals surface area contributed by atoms with Crippen molar-refractivity contribution in [3.63, 3.8) is 0 Å². The van der Waals surface area contributed by atoms with E-state index in [2.05, 4.69) is 16.9 Å². The molecule has 1 atom stereocenters. The monoisotopic (exact) mass is 370 g/mol. The van der Waals surface area contributed by atoms with E-state index in [0.717, 1.165) is 48.4 Å². The summed E-state index contributed by atoms with van der Waals surface area (Å²) in [5.74, 6) is 0.799. The van der Waals surface area contributed by atoms with E-state index in [1.165, 1.54) is 0 Å². The molecule has 4 rings (SSSR count). The van der Waals surface area contributed by atoms with Gasteiger partial charge in [0.15, 0.2) is 0 Å². The molecule has 2 aromatic rings. The van der Waals surface area contributed by atoms with E-state index < -0.39 is 5.60 Å². The molecule has 1 aromatic carbocycles. The smallest absolute Gasteiger partial charge is 0.136 e. The summed E-state index contributed by atoms with van der Waals surface area (Å²) in [6.07, 6.45) is 7.51. The van der Waals surface area contributed by atoms with E-state index in [9.17, 15) is 5.11 Å².